The van der Waals surface area contributed by atoms with Gasteiger partial charge in [-0.15, -0.1) is 16.4 Å². The fraction of sp³-hybridized carbons (Fsp3) is 0.294. The van der Waals surface area contributed by atoms with Crippen LogP contribution in [0.15, 0.2) is 46.5 Å². The molecule has 1 N–H and O–H groups in total. The molecule has 0 saturated carbocycles. The number of piperazine rings is 1. The van der Waals surface area contributed by atoms with Crippen molar-refractivity contribution in [3.05, 3.63) is 51.8 Å². The van der Waals surface area contributed by atoms with Crippen molar-refractivity contribution in [3.63, 3.8) is 0 Å². The summed E-state index contributed by atoms with van der Waals surface area (Å²) in [7, 11) is 0. The molecule has 0 radical (unpaired) electrons. The predicted molar refractivity (Wildman–Crippen MR) is 99.5 cm³/mol. The summed E-state index contributed by atoms with van der Waals surface area (Å²) in [5.74, 6) is 0.602. The van der Waals surface area contributed by atoms with E-state index in [-0.39, 0.29) is 5.91 Å². The third-order valence-corrected chi connectivity index (χ3v) is 5.53. The van der Waals surface area contributed by atoms with Gasteiger partial charge in [-0.2, -0.15) is 4.68 Å². The molecule has 7 nitrogen and oxygen atoms in total. The third kappa shape index (κ3) is 3.59. The van der Waals surface area contributed by atoms with E-state index in [1.54, 1.807) is 17.1 Å². The number of carbonyl (C=O) groups is 1. The molecule has 0 aromatic carbocycles. The van der Waals surface area contributed by atoms with E-state index >= 15 is 0 Å². The summed E-state index contributed by atoms with van der Waals surface area (Å²) in [6.45, 7) is 3.80. The average molecular weight is 388 g/mol. The predicted octanol–water partition coefficient (Wildman–Crippen LogP) is 1.33. The van der Waals surface area contributed by atoms with Crippen LogP contribution in [0.3, 0.4) is 0 Å². The van der Waals surface area contributed by atoms with Crippen molar-refractivity contribution in [3.8, 4) is 11.5 Å². The second-order valence-electron chi connectivity index (χ2n) is 6.09. The third-order valence-electron chi connectivity index (χ3n) is 4.38. The topological polar surface area (TPSA) is 68.6 Å². The lowest BCUT2D eigenvalue weighted by Crippen LogP contribution is -3.14. The van der Waals surface area contributed by atoms with Gasteiger partial charge in [-0.05, 0) is 35.8 Å². The zero-order chi connectivity index (χ0) is 17.9. The van der Waals surface area contributed by atoms with Gasteiger partial charge in [-0.1, -0.05) is 6.07 Å². The highest BCUT2D eigenvalue weighted by molar-refractivity contribution is 7.71. The maximum absolute atomic E-state index is 12.4. The number of quaternary nitrogens is 1. The van der Waals surface area contributed by atoms with Crippen LogP contribution in [0, 0.1) is 4.84 Å². The minimum Gasteiger partial charge on any atom is -0.409 e. The van der Waals surface area contributed by atoms with Gasteiger partial charge in [0.25, 0.3) is 10.7 Å². The molecule has 4 rings (SSSR count). The maximum atomic E-state index is 12.4. The van der Waals surface area contributed by atoms with Crippen molar-refractivity contribution in [2.24, 2.45) is 0 Å². The zero-order valence-electron chi connectivity index (χ0n) is 14.0. The van der Waals surface area contributed by atoms with Crippen molar-refractivity contribution in [2.75, 3.05) is 26.2 Å². The van der Waals surface area contributed by atoms with Gasteiger partial charge in [0.15, 0.2) is 6.67 Å². The van der Waals surface area contributed by atoms with Gasteiger partial charge < -0.3 is 14.2 Å². The SMILES string of the molecule is O=C(c1cccs1)N1CC[NH+](Cn2nc(-c3cccnc3)oc2=S)CC1. The normalized spacial score (nSPS) is 15.3. The largest absolute Gasteiger partial charge is 0.409 e. The van der Waals surface area contributed by atoms with Crippen LogP contribution in [0.1, 0.15) is 9.67 Å². The molecule has 3 aromatic rings. The first-order chi connectivity index (χ1) is 12.7. The quantitative estimate of drug-likeness (QED) is 0.683. The highest BCUT2D eigenvalue weighted by atomic mass is 32.1. The van der Waals surface area contributed by atoms with Crippen LogP contribution in [-0.4, -0.2) is 51.8 Å². The van der Waals surface area contributed by atoms with Crippen LogP contribution in [-0.2, 0) is 6.67 Å². The summed E-state index contributed by atoms with van der Waals surface area (Å²) in [5, 5.41) is 6.41. The summed E-state index contributed by atoms with van der Waals surface area (Å²) >= 11 is 6.78. The van der Waals surface area contributed by atoms with Crippen LogP contribution >= 0.6 is 23.6 Å². The van der Waals surface area contributed by atoms with E-state index in [4.69, 9.17) is 16.6 Å². The molecule has 1 aliphatic heterocycles. The second-order valence-corrected chi connectivity index (χ2v) is 7.39. The molecule has 0 atom stereocenters. The number of pyridine rings is 1. The number of nitrogens with one attached hydrogen (secondary N) is 1. The fourth-order valence-electron chi connectivity index (χ4n) is 2.96. The van der Waals surface area contributed by atoms with E-state index in [2.05, 4.69) is 10.1 Å². The van der Waals surface area contributed by atoms with E-state index in [1.807, 2.05) is 34.5 Å². The number of amides is 1. The molecule has 0 bridgehead atoms. The second kappa shape index (κ2) is 7.48. The number of hydrogen-bond acceptors (Lipinski definition) is 6. The van der Waals surface area contributed by atoms with Crippen LogP contribution in [0.4, 0.5) is 0 Å². The van der Waals surface area contributed by atoms with Gasteiger partial charge in [0.2, 0.25) is 5.89 Å². The lowest BCUT2D eigenvalue weighted by atomic mass is 10.3. The standard InChI is InChI=1S/C17H17N5O2S2/c23-16(14-4-2-10-26-14)21-8-6-20(7-9-21)12-22-17(25)24-15(19-22)13-3-1-5-18-11-13/h1-5,10-11H,6-9,12H2/p+1. The summed E-state index contributed by atoms with van der Waals surface area (Å²) in [6, 6.07) is 7.51. The first-order valence-corrected chi connectivity index (χ1v) is 9.64. The molecule has 9 heteroatoms. The number of hydrogen-bond donors (Lipinski definition) is 1. The van der Waals surface area contributed by atoms with Crippen molar-refractivity contribution >= 4 is 29.5 Å². The zero-order valence-corrected chi connectivity index (χ0v) is 15.6. The summed E-state index contributed by atoms with van der Waals surface area (Å²) < 4.78 is 7.31. The first kappa shape index (κ1) is 17.1. The van der Waals surface area contributed by atoms with Gasteiger partial charge >= 0.3 is 0 Å². The molecule has 0 spiro atoms. The Bertz CT molecular complexity index is 928. The van der Waals surface area contributed by atoms with E-state index in [0.717, 1.165) is 36.6 Å². The Morgan fingerprint density at radius 1 is 1.31 bits per heavy atom. The molecular weight excluding hydrogens is 370 g/mol. The van der Waals surface area contributed by atoms with Crippen LogP contribution in [0.5, 0.6) is 0 Å². The molecule has 134 valence electrons. The molecule has 4 heterocycles. The summed E-state index contributed by atoms with van der Waals surface area (Å²) in [5.41, 5.74) is 0.804. The number of aromatic nitrogens is 3. The molecule has 1 fully saturated rings. The minimum absolute atomic E-state index is 0.121. The number of rotatable bonds is 4. The highest BCUT2D eigenvalue weighted by Crippen LogP contribution is 2.15. The number of carbonyl (C=O) groups excluding carboxylic acids is 1. The van der Waals surface area contributed by atoms with Crippen molar-refractivity contribution in [1.82, 2.24) is 19.7 Å². The van der Waals surface area contributed by atoms with Crippen LogP contribution < -0.4 is 4.90 Å². The molecule has 0 aliphatic carbocycles. The molecular formula is C17H18N5O2S2+. The van der Waals surface area contributed by atoms with Crippen molar-refractivity contribution in [2.45, 2.75) is 6.67 Å². The molecule has 1 aliphatic rings. The van der Waals surface area contributed by atoms with E-state index in [9.17, 15) is 4.79 Å². The maximum Gasteiger partial charge on any atom is 0.292 e. The minimum atomic E-state index is 0.121. The van der Waals surface area contributed by atoms with Gasteiger partial charge in [-0.3, -0.25) is 9.78 Å². The Balaban J connectivity index is 1.38. The highest BCUT2D eigenvalue weighted by Gasteiger charge is 2.25. The first-order valence-electron chi connectivity index (χ1n) is 8.35. The smallest absolute Gasteiger partial charge is 0.292 e. The molecule has 0 unspecified atom stereocenters. The van der Waals surface area contributed by atoms with Gasteiger partial charge in [0.05, 0.1) is 36.6 Å². The number of thiophene rings is 1. The Morgan fingerprint density at radius 2 is 2.15 bits per heavy atom. The Kier molecular flexibility index (Phi) is 4.91. The van der Waals surface area contributed by atoms with Gasteiger partial charge in [0, 0.05) is 12.4 Å². The summed E-state index contributed by atoms with van der Waals surface area (Å²) in [6.07, 6.45) is 3.41. The van der Waals surface area contributed by atoms with Crippen LogP contribution in [0.25, 0.3) is 11.5 Å². The monoisotopic (exact) mass is 388 g/mol. The lowest BCUT2D eigenvalue weighted by Gasteiger charge is -2.31. The van der Waals surface area contributed by atoms with E-state index in [0.29, 0.717) is 17.4 Å². The Morgan fingerprint density at radius 3 is 2.85 bits per heavy atom. The van der Waals surface area contributed by atoms with E-state index in [1.165, 1.54) is 16.2 Å². The summed E-state index contributed by atoms with van der Waals surface area (Å²) in [4.78, 5) is 20.9. The fourth-order valence-corrected chi connectivity index (χ4v) is 3.84. The van der Waals surface area contributed by atoms with Crippen molar-refractivity contribution in [1.29, 1.82) is 0 Å². The Labute approximate surface area is 159 Å². The van der Waals surface area contributed by atoms with E-state index < -0.39 is 0 Å². The average Bonchev–Trinajstić information content (AvgIpc) is 3.33. The molecule has 26 heavy (non-hydrogen) atoms. The number of nitrogens with zero attached hydrogens (tertiary/aromatic N) is 4. The van der Waals surface area contributed by atoms with Gasteiger partial charge in [-0.25, -0.2) is 0 Å². The van der Waals surface area contributed by atoms with Gasteiger partial charge in [0.1, 0.15) is 0 Å². The molecule has 1 amide bonds. The Hall–Kier alpha value is -2.36. The van der Waals surface area contributed by atoms with Crippen molar-refractivity contribution < 1.29 is 14.1 Å². The molecule has 1 saturated heterocycles. The van der Waals surface area contributed by atoms with Crippen LogP contribution in [0.2, 0.25) is 0 Å². The lowest BCUT2D eigenvalue weighted by molar-refractivity contribution is -0.927. The molecule has 3 aromatic heterocycles.